The van der Waals surface area contributed by atoms with E-state index < -0.39 is 0 Å². The van der Waals surface area contributed by atoms with Crippen LogP contribution in [0.2, 0.25) is 0 Å². The molecule has 0 radical (unpaired) electrons. The summed E-state index contributed by atoms with van der Waals surface area (Å²) in [6.45, 7) is 0. The number of rotatable bonds is 0. The normalized spacial score (nSPS) is 13.7. The quantitative estimate of drug-likeness (QED) is 0.740. The zero-order valence-corrected chi connectivity index (χ0v) is 8.82. The fourth-order valence-corrected chi connectivity index (χ4v) is 1.31. The number of aliphatic imine (C=N–C) groups is 1. The number of amidine groups is 1. The van der Waals surface area contributed by atoms with Gasteiger partial charge in [0.25, 0.3) is 0 Å². The first-order valence-electron chi connectivity index (χ1n) is 3.93. The third-order valence-electron chi connectivity index (χ3n) is 1.92. The Kier molecular flexibility index (Phi) is 3.25. The monoisotopic (exact) mass is 238 g/mol. The molecule has 1 aliphatic heterocycles. The molecule has 1 aromatic rings. The lowest BCUT2D eigenvalue weighted by atomic mass is 10.1. The van der Waals surface area contributed by atoms with Crippen LogP contribution in [0.1, 0.15) is 11.1 Å². The highest BCUT2D eigenvalue weighted by Gasteiger charge is 2.02. The molecule has 0 fully saturated rings. The van der Waals surface area contributed by atoms with Crippen LogP contribution in [0.4, 0.5) is 0 Å². The summed E-state index contributed by atoms with van der Waals surface area (Å²) in [5, 5.41) is 0. The van der Waals surface area contributed by atoms with Crippen molar-refractivity contribution in [3.63, 3.8) is 0 Å². The number of nitrogens with zero attached hydrogens (tertiary/aromatic N) is 1. The third-order valence-corrected chi connectivity index (χ3v) is 1.92. The zero-order chi connectivity index (χ0) is 8.39. The predicted octanol–water partition coefficient (Wildman–Crippen LogP) is 2.15. The molecule has 68 valence electrons. The maximum Gasteiger partial charge on any atom is 0.103 e. The van der Waals surface area contributed by atoms with Crippen molar-refractivity contribution in [1.29, 1.82) is 0 Å². The van der Waals surface area contributed by atoms with Gasteiger partial charge in [-0.3, -0.25) is 0 Å². The molecular formula is C10H11BrN2. The zero-order valence-electron chi connectivity index (χ0n) is 7.10. The SMILES string of the molecule is Br.NC1=NC=Cc2ccccc2C1. The molecule has 13 heavy (non-hydrogen) atoms. The fraction of sp³-hybridized carbons (Fsp3) is 0.100. The van der Waals surface area contributed by atoms with Crippen LogP contribution >= 0.6 is 17.0 Å². The molecule has 0 amide bonds. The molecule has 0 aliphatic carbocycles. The molecule has 0 aromatic heterocycles. The first kappa shape index (κ1) is 9.99. The number of hydrogen-bond donors (Lipinski definition) is 1. The van der Waals surface area contributed by atoms with Crippen LogP contribution in [0, 0.1) is 0 Å². The van der Waals surface area contributed by atoms with Gasteiger partial charge in [0.15, 0.2) is 0 Å². The van der Waals surface area contributed by atoms with Gasteiger partial charge in [0.05, 0.1) is 0 Å². The van der Waals surface area contributed by atoms with Crippen LogP contribution in [-0.2, 0) is 6.42 Å². The molecule has 2 nitrogen and oxygen atoms in total. The summed E-state index contributed by atoms with van der Waals surface area (Å²) >= 11 is 0. The van der Waals surface area contributed by atoms with Gasteiger partial charge in [-0.2, -0.15) is 0 Å². The Morgan fingerprint density at radius 3 is 2.85 bits per heavy atom. The van der Waals surface area contributed by atoms with Gasteiger partial charge in [-0.1, -0.05) is 24.3 Å². The average molecular weight is 239 g/mol. The summed E-state index contributed by atoms with van der Waals surface area (Å²) in [6.07, 6.45) is 4.49. The Bertz CT molecular complexity index is 356. The van der Waals surface area contributed by atoms with E-state index >= 15 is 0 Å². The summed E-state index contributed by atoms with van der Waals surface area (Å²) in [4.78, 5) is 4.05. The van der Waals surface area contributed by atoms with E-state index in [0.717, 1.165) is 6.42 Å². The Hall–Kier alpha value is -1.09. The van der Waals surface area contributed by atoms with Crippen LogP contribution in [0.25, 0.3) is 6.08 Å². The van der Waals surface area contributed by atoms with Crippen LogP contribution in [0.5, 0.6) is 0 Å². The predicted molar refractivity (Wildman–Crippen MR) is 61.1 cm³/mol. The largest absolute Gasteiger partial charge is 0.387 e. The highest BCUT2D eigenvalue weighted by Crippen LogP contribution is 2.13. The van der Waals surface area contributed by atoms with Gasteiger partial charge in [0, 0.05) is 12.6 Å². The highest BCUT2D eigenvalue weighted by molar-refractivity contribution is 8.93. The topological polar surface area (TPSA) is 38.4 Å². The molecule has 1 aliphatic rings. The lowest BCUT2D eigenvalue weighted by Gasteiger charge is -2.01. The van der Waals surface area contributed by atoms with Crippen molar-refractivity contribution in [3.05, 3.63) is 41.6 Å². The maximum atomic E-state index is 5.65. The van der Waals surface area contributed by atoms with E-state index in [1.165, 1.54) is 11.1 Å². The summed E-state index contributed by atoms with van der Waals surface area (Å²) in [7, 11) is 0. The van der Waals surface area contributed by atoms with E-state index in [-0.39, 0.29) is 17.0 Å². The van der Waals surface area contributed by atoms with Crippen molar-refractivity contribution in [3.8, 4) is 0 Å². The molecule has 0 unspecified atom stereocenters. The van der Waals surface area contributed by atoms with Crippen LogP contribution in [0.3, 0.4) is 0 Å². The molecule has 2 rings (SSSR count). The first-order chi connectivity index (χ1) is 5.86. The van der Waals surface area contributed by atoms with Crippen molar-refractivity contribution in [1.82, 2.24) is 0 Å². The van der Waals surface area contributed by atoms with Crippen molar-refractivity contribution in [2.45, 2.75) is 6.42 Å². The van der Waals surface area contributed by atoms with Gasteiger partial charge in [0.1, 0.15) is 5.84 Å². The Balaban J connectivity index is 0.000000845. The molecule has 0 spiro atoms. The summed E-state index contributed by atoms with van der Waals surface area (Å²) in [5.74, 6) is 0.677. The van der Waals surface area contributed by atoms with E-state index in [9.17, 15) is 0 Å². The first-order valence-corrected chi connectivity index (χ1v) is 3.93. The number of nitrogens with two attached hydrogens (primary N) is 1. The molecule has 0 atom stereocenters. The van der Waals surface area contributed by atoms with Crippen LogP contribution in [-0.4, -0.2) is 5.84 Å². The van der Waals surface area contributed by atoms with E-state index in [2.05, 4.69) is 17.1 Å². The lowest BCUT2D eigenvalue weighted by molar-refractivity contribution is 1.28. The van der Waals surface area contributed by atoms with Gasteiger partial charge >= 0.3 is 0 Å². The minimum atomic E-state index is 0. The van der Waals surface area contributed by atoms with Gasteiger partial charge in [-0.05, 0) is 17.2 Å². The second-order valence-electron chi connectivity index (χ2n) is 2.81. The molecular weight excluding hydrogens is 228 g/mol. The second kappa shape index (κ2) is 4.23. The number of benzene rings is 1. The number of hydrogen-bond acceptors (Lipinski definition) is 2. The van der Waals surface area contributed by atoms with E-state index in [1.807, 2.05) is 18.2 Å². The fourth-order valence-electron chi connectivity index (χ4n) is 1.31. The van der Waals surface area contributed by atoms with Crippen molar-refractivity contribution >= 4 is 28.9 Å². The van der Waals surface area contributed by atoms with E-state index in [1.54, 1.807) is 6.20 Å². The lowest BCUT2D eigenvalue weighted by Crippen LogP contribution is -2.13. The van der Waals surface area contributed by atoms with Crippen molar-refractivity contribution < 1.29 is 0 Å². The van der Waals surface area contributed by atoms with Gasteiger partial charge < -0.3 is 5.73 Å². The third kappa shape index (κ3) is 2.18. The van der Waals surface area contributed by atoms with Crippen LogP contribution < -0.4 is 5.73 Å². The average Bonchev–Trinajstić information content (AvgIpc) is 2.25. The standard InChI is InChI=1S/C10H10N2.BrH/c11-10-7-9-4-2-1-3-8(9)5-6-12-10;/h1-6H,7H2,(H2,11,12);1H. The molecule has 1 aromatic carbocycles. The summed E-state index contributed by atoms with van der Waals surface area (Å²) in [5.41, 5.74) is 8.10. The van der Waals surface area contributed by atoms with E-state index in [4.69, 9.17) is 5.73 Å². The minimum Gasteiger partial charge on any atom is -0.387 e. The van der Waals surface area contributed by atoms with Crippen molar-refractivity contribution in [2.75, 3.05) is 0 Å². The van der Waals surface area contributed by atoms with Crippen LogP contribution in [0.15, 0.2) is 35.5 Å². The molecule has 2 N–H and O–H groups in total. The smallest absolute Gasteiger partial charge is 0.103 e. The minimum absolute atomic E-state index is 0. The summed E-state index contributed by atoms with van der Waals surface area (Å²) < 4.78 is 0. The number of halogens is 1. The van der Waals surface area contributed by atoms with Gasteiger partial charge in [-0.15, -0.1) is 17.0 Å². The number of fused-ring (bicyclic) bond motifs is 1. The highest BCUT2D eigenvalue weighted by atomic mass is 79.9. The molecule has 1 heterocycles. The van der Waals surface area contributed by atoms with Gasteiger partial charge in [-0.25, -0.2) is 4.99 Å². The second-order valence-corrected chi connectivity index (χ2v) is 2.81. The Morgan fingerprint density at radius 1 is 1.23 bits per heavy atom. The molecule has 0 saturated carbocycles. The maximum absolute atomic E-state index is 5.65. The van der Waals surface area contributed by atoms with Crippen molar-refractivity contribution in [2.24, 2.45) is 10.7 Å². The molecule has 0 bridgehead atoms. The molecule has 3 heteroatoms. The molecule has 0 saturated heterocycles. The van der Waals surface area contributed by atoms with Gasteiger partial charge in [0.2, 0.25) is 0 Å². The van der Waals surface area contributed by atoms with E-state index in [0.29, 0.717) is 5.84 Å². The Labute approximate surface area is 87.9 Å². The Morgan fingerprint density at radius 2 is 2.00 bits per heavy atom. The summed E-state index contributed by atoms with van der Waals surface area (Å²) in [6, 6.07) is 8.18.